The molecule has 0 spiro atoms. The predicted molar refractivity (Wildman–Crippen MR) is 73.3 cm³/mol. The van der Waals surface area contributed by atoms with E-state index in [1.54, 1.807) is 0 Å². The van der Waals surface area contributed by atoms with Gasteiger partial charge in [0.2, 0.25) is 0 Å². The summed E-state index contributed by atoms with van der Waals surface area (Å²) in [5.74, 6) is 2.36. The standard InChI is InChI=1S/2C5H11NO2Se/c2*1-9-3-2-4(6)5(7)8/h2*4H,2-3,6H2,1H3,(H,7,8)/t4-;/m0./s1. The van der Waals surface area contributed by atoms with Crippen LogP contribution < -0.4 is 11.5 Å². The fourth-order valence-electron chi connectivity index (χ4n) is 0.737. The van der Waals surface area contributed by atoms with E-state index in [0.717, 1.165) is 10.6 Å². The Labute approximate surface area is 120 Å². The van der Waals surface area contributed by atoms with E-state index in [1.807, 2.05) is 0 Å². The van der Waals surface area contributed by atoms with Gasteiger partial charge in [-0.3, -0.25) is 0 Å². The van der Waals surface area contributed by atoms with Gasteiger partial charge >= 0.3 is 120 Å². The molecule has 6 nitrogen and oxygen atoms in total. The number of aliphatic carboxylic acids is 2. The van der Waals surface area contributed by atoms with Crippen LogP contribution in [0.4, 0.5) is 0 Å². The molecule has 0 aromatic heterocycles. The fourth-order valence-corrected chi connectivity index (χ4v) is 2.79. The molecule has 18 heavy (non-hydrogen) atoms. The predicted octanol–water partition coefficient (Wildman–Crippen LogP) is -0.0820. The molecule has 0 fully saturated rings. The van der Waals surface area contributed by atoms with Crippen LogP contribution in [0.15, 0.2) is 0 Å². The van der Waals surface area contributed by atoms with Crippen molar-refractivity contribution in [1.29, 1.82) is 0 Å². The van der Waals surface area contributed by atoms with Crippen molar-refractivity contribution >= 4 is 41.9 Å². The summed E-state index contributed by atoms with van der Waals surface area (Å²) in [5.41, 5.74) is 10.4. The van der Waals surface area contributed by atoms with Crippen molar-refractivity contribution in [2.45, 2.75) is 47.2 Å². The van der Waals surface area contributed by atoms with Crippen LogP contribution in [0.3, 0.4) is 0 Å². The summed E-state index contributed by atoms with van der Waals surface area (Å²) >= 11 is 1.10. The van der Waals surface area contributed by atoms with Gasteiger partial charge in [-0.25, -0.2) is 0 Å². The Morgan fingerprint density at radius 1 is 0.944 bits per heavy atom. The van der Waals surface area contributed by atoms with Gasteiger partial charge in [-0.2, -0.15) is 0 Å². The second-order valence-corrected chi connectivity index (χ2v) is 7.59. The van der Waals surface area contributed by atoms with Crippen LogP contribution in [0, 0.1) is 0 Å². The molecule has 1 unspecified atom stereocenters. The van der Waals surface area contributed by atoms with Crippen LogP contribution in [0.1, 0.15) is 12.8 Å². The number of nitrogens with two attached hydrogens (primary N) is 2. The third-order valence-electron chi connectivity index (χ3n) is 1.90. The molecule has 0 saturated carbocycles. The molecule has 0 heterocycles. The van der Waals surface area contributed by atoms with Crippen LogP contribution in [0.2, 0.25) is 22.3 Å². The van der Waals surface area contributed by atoms with Gasteiger partial charge in [0, 0.05) is 0 Å². The van der Waals surface area contributed by atoms with E-state index in [9.17, 15) is 9.59 Å². The molecular weight excluding hydrogens is 370 g/mol. The van der Waals surface area contributed by atoms with Gasteiger partial charge in [0.15, 0.2) is 0 Å². The van der Waals surface area contributed by atoms with Gasteiger partial charge in [-0.15, -0.1) is 0 Å². The van der Waals surface area contributed by atoms with Crippen molar-refractivity contribution in [3.63, 3.8) is 0 Å². The molecule has 0 bridgehead atoms. The van der Waals surface area contributed by atoms with Gasteiger partial charge in [0.25, 0.3) is 0 Å². The zero-order valence-electron chi connectivity index (χ0n) is 10.7. The number of carboxylic acid groups (broad SMARTS) is 2. The van der Waals surface area contributed by atoms with Gasteiger partial charge in [-0.05, 0) is 0 Å². The Morgan fingerprint density at radius 3 is 1.39 bits per heavy atom. The van der Waals surface area contributed by atoms with E-state index in [4.69, 9.17) is 21.7 Å². The van der Waals surface area contributed by atoms with Gasteiger partial charge in [-0.1, -0.05) is 0 Å². The molecule has 108 valence electrons. The zero-order valence-corrected chi connectivity index (χ0v) is 14.1. The Bertz CT molecular complexity index is 218. The summed E-state index contributed by atoms with van der Waals surface area (Å²) < 4.78 is 0. The molecule has 0 rings (SSSR count). The van der Waals surface area contributed by atoms with E-state index in [2.05, 4.69) is 11.6 Å². The van der Waals surface area contributed by atoms with Crippen molar-refractivity contribution in [1.82, 2.24) is 0 Å². The monoisotopic (exact) mass is 394 g/mol. The molecule has 0 amide bonds. The molecule has 0 aliphatic heterocycles. The molecule has 8 heteroatoms. The first-order chi connectivity index (χ1) is 8.36. The zero-order chi connectivity index (χ0) is 14.6. The Morgan fingerprint density at radius 2 is 1.22 bits per heavy atom. The number of rotatable bonds is 8. The second kappa shape index (κ2) is 13.3. The topological polar surface area (TPSA) is 127 Å². The first kappa shape index (κ1) is 20.2. The summed E-state index contributed by atoms with van der Waals surface area (Å²) in [6.45, 7) is 0. The molecule has 0 aliphatic rings. The maximum atomic E-state index is 10.1. The van der Waals surface area contributed by atoms with E-state index in [1.165, 1.54) is 0 Å². The molecule has 0 radical (unpaired) electrons. The Kier molecular flexibility index (Phi) is 15.0. The van der Waals surface area contributed by atoms with Crippen LogP contribution in [-0.4, -0.2) is 64.1 Å². The van der Waals surface area contributed by atoms with Crippen molar-refractivity contribution in [3.05, 3.63) is 0 Å². The van der Waals surface area contributed by atoms with Crippen molar-refractivity contribution in [2.24, 2.45) is 11.5 Å². The number of hydrogen-bond acceptors (Lipinski definition) is 4. The summed E-state index contributed by atoms with van der Waals surface area (Å²) in [4.78, 5) is 20.2. The first-order valence-electron chi connectivity index (χ1n) is 5.31. The fraction of sp³-hybridized carbons (Fsp3) is 0.800. The normalized spacial score (nSPS) is 13.1. The number of hydrogen-bond donors (Lipinski definition) is 4. The third kappa shape index (κ3) is 14.0. The van der Waals surface area contributed by atoms with E-state index in [-0.39, 0.29) is 0 Å². The molecule has 6 N–H and O–H groups in total. The average Bonchev–Trinajstić information content (AvgIpc) is 2.33. The van der Waals surface area contributed by atoms with Crippen molar-refractivity contribution in [3.8, 4) is 0 Å². The van der Waals surface area contributed by atoms with Crippen LogP contribution in [0.5, 0.6) is 0 Å². The van der Waals surface area contributed by atoms with Gasteiger partial charge < -0.3 is 0 Å². The van der Waals surface area contributed by atoms with E-state index in [0.29, 0.717) is 42.8 Å². The number of carbonyl (C=O) groups is 2. The summed E-state index contributed by atoms with van der Waals surface area (Å²) in [6, 6.07) is -1.29. The molecule has 0 aliphatic carbocycles. The van der Waals surface area contributed by atoms with Crippen LogP contribution >= 0.6 is 0 Å². The van der Waals surface area contributed by atoms with E-state index >= 15 is 0 Å². The van der Waals surface area contributed by atoms with Crippen molar-refractivity contribution in [2.75, 3.05) is 0 Å². The third-order valence-corrected chi connectivity index (χ3v) is 4.60. The van der Waals surface area contributed by atoms with E-state index < -0.39 is 24.0 Å². The Balaban J connectivity index is 0. The average molecular weight is 392 g/mol. The SMILES string of the molecule is C[Se]CCC(N)C(=O)O.C[Se]CC[C@H](N)C(=O)O. The second-order valence-electron chi connectivity index (χ2n) is 3.45. The maximum absolute atomic E-state index is 10.1. The van der Waals surface area contributed by atoms with Gasteiger partial charge in [0.05, 0.1) is 0 Å². The summed E-state index contributed by atoms with van der Waals surface area (Å²) in [6.07, 6.45) is 1.23. The minimum atomic E-state index is -0.890. The number of carboxylic acids is 2. The van der Waals surface area contributed by atoms with Crippen LogP contribution in [0.25, 0.3) is 0 Å². The molecule has 2 atom stereocenters. The Hall–Kier alpha value is -0.101. The first-order valence-corrected chi connectivity index (χ1v) is 11.2. The summed E-state index contributed by atoms with van der Waals surface area (Å²) in [7, 11) is 0. The molecular formula is C10H22N2O4Se2. The minimum absolute atomic E-state index is 0.549. The van der Waals surface area contributed by atoms with Crippen LogP contribution in [-0.2, 0) is 9.59 Å². The van der Waals surface area contributed by atoms with Crippen molar-refractivity contribution < 1.29 is 19.8 Å². The quantitative estimate of drug-likeness (QED) is 0.428. The summed E-state index contributed by atoms with van der Waals surface area (Å²) in [5, 5.41) is 18.5. The molecule has 0 saturated heterocycles. The molecule has 0 aromatic carbocycles. The molecule has 0 aromatic rings. The van der Waals surface area contributed by atoms with Gasteiger partial charge in [0.1, 0.15) is 0 Å².